The Morgan fingerprint density at radius 2 is 1.85 bits per heavy atom. The van der Waals surface area contributed by atoms with E-state index in [1.54, 1.807) is 0 Å². The van der Waals surface area contributed by atoms with Gasteiger partial charge in [-0.15, -0.1) is 5.10 Å². The molecule has 0 bridgehead atoms. The highest BCUT2D eigenvalue weighted by atomic mass is 32.2. The monoisotopic (exact) mass is 500 g/mol. The molecule has 182 valence electrons. The number of nitrogens with zero attached hydrogens (tertiary/aromatic N) is 5. The zero-order valence-corrected chi connectivity index (χ0v) is 18.4. The lowest BCUT2D eigenvalue weighted by molar-refractivity contribution is 0.0946. The lowest BCUT2D eigenvalue weighted by Crippen LogP contribution is -2.52. The molecule has 5 rings (SSSR count). The van der Waals surface area contributed by atoms with Gasteiger partial charge in [0.25, 0.3) is 6.43 Å². The number of anilines is 1. The maximum absolute atomic E-state index is 14.5. The number of piperidine rings is 1. The molecule has 0 amide bonds. The molecule has 1 saturated carbocycles. The second-order valence-corrected chi connectivity index (χ2v) is 10.6. The molecule has 0 radical (unpaired) electrons. The molecule has 1 aliphatic heterocycles. The van der Waals surface area contributed by atoms with Crippen LogP contribution in [0, 0.1) is 11.6 Å². The molecule has 0 spiro atoms. The minimum atomic E-state index is -3.41. The highest BCUT2D eigenvalue weighted by molar-refractivity contribution is 7.90. The number of hydrogen-bond acceptors (Lipinski definition) is 7. The number of aliphatic hydroxyl groups excluding tert-OH is 1. The highest BCUT2D eigenvalue weighted by Crippen LogP contribution is 2.33. The Morgan fingerprint density at radius 3 is 2.50 bits per heavy atom. The number of halogens is 4. The maximum Gasteiger partial charge on any atom is 0.265 e. The molecule has 14 heteroatoms. The lowest BCUT2D eigenvalue weighted by atomic mass is 10.0. The van der Waals surface area contributed by atoms with Crippen LogP contribution in [-0.2, 0) is 10.0 Å². The number of fused-ring (bicyclic) bond motifs is 1. The molecular weight excluding hydrogens is 480 g/mol. The third-order valence-corrected chi connectivity index (χ3v) is 8.36. The Morgan fingerprint density at radius 1 is 1.09 bits per heavy atom. The fraction of sp³-hybridized carbons (Fsp3) is 0.450. The molecule has 4 heterocycles. The predicted molar refractivity (Wildman–Crippen MR) is 113 cm³/mol. The minimum Gasteiger partial charge on any atom is -0.390 e. The molecule has 2 fully saturated rings. The van der Waals surface area contributed by atoms with E-state index in [2.05, 4.69) is 20.4 Å². The topological polar surface area (TPSA) is 113 Å². The lowest BCUT2D eigenvalue weighted by Gasteiger charge is -2.35. The molecule has 9 nitrogen and oxygen atoms in total. The van der Waals surface area contributed by atoms with Crippen molar-refractivity contribution in [1.82, 2.24) is 23.9 Å². The van der Waals surface area contributed by atoms with Gasteiger partial charge < -0.3 is 10.4 Å². The van der Waals surface area contributed by atoms with Crippen molar-refractivity contribution in [3.8, 4) is 11.4 Å². The smallest absolute Gasteiger partial charge is 0.265 e. The van der Waals surface area contributed by atoms with Gasteiger partial charge in [0.05, 0.1) is 29.3 Å². The number of alkyl halides is 2. The van der Waals surface area contributed by atoms with E-state index in [0.29, 0.717) is 18.9 Å². The van der Waals surface area contributed by atoms with Crippen LogP contribution in [0.3, 0.4) is 0 Å². The predicted octanol–water partition coefficient (Wildman–Crippen LogP) is 2.35. The Balaban J connectivity index is 1.39. The molecule has 2 aliphatic rings. The van der Waals surface area contributed by atoms with Crippen molar-refractivity contribution in [2.45, 2.75) is 43.1 Å². The molecule has 34 heavy (non-hydrogen) atoms. The Hall–Kier alpha value is -2.84. The highest BCUT2D eigenvalue weighted by Gasteiger charge is 2.43. The fourth-order valence-corrected chi connectivity index (χ4v) is 5.87. The molecular formula is C20H20F4N6O3S. The quantitative estimate of drug-likeness (QED) is 0.500. The van der Waals surface area contributed by atoms with Gasteiger partial charge >= 0.3 is 0 Å². The standard InChI is InChI=1S/C20H20F4N6O3S/c21-12-6-15(18-13(22)5-10(7-25-18)19(23)24)30-16(12)8-26-20(28-30)27-14-3-4-29(9-17(14)31)34(32,33)11-1-2-11/h5-8,11,14,17,19,31H,1-4,9H2,(H,27,28)/t14-,17-/m1/s1. The van der Waals surface area contributed by atoms with Gasteiger partial charge in [-0.1, -0.05) is 0 Å². The van der Waals surface area contributed by atoms with Crippen LogP contribution in [-0.4, -0.2) is 67.9 Å². The van der Waals surface area contributed by atoms with Crippen LogP contribution in [0.2, 0.25) is 0 Å². The van der Waals surface area contributed by atoms with Crippen LogP contribution in [0.25, 0.3) is 16.9 Å². The van der Waals surface area contributed by atoms with Gasteiger partial charge in [0.15, 0.2) is 11.6 Å². The van der Waals surface area contributed by atoms with Crippen molar-refractivity contribution in [1.29, 1.82) is 0 Å². The number of rotatable bonds is 6. The average Bonchev–Trinajstić information content (AvgIpc) is 3.60. The number of aromatic nitrogens is 4. The van der Waals surface area contributed by atoms with Crippen molar-refractivity contribution in [3.05, 3.63) is 41.7 Å². The minimum absolute atomic E-state index is 0.0171. The zero-order valence-electron chi connectivity index (χ0n) is 17.6. The van der Waals surface area contributed by atoms with Gasteiger partial charge in [-0.05, 0) is 25.3 Å². The van der Waals surface area contributed by atoms with Gasteiger partial charge in [0, 0.05) is 30.9 Å². The summed E-state index contributed by atoms with van der Waals surface area (Å²) in [6, 6.07) is 1.02. The molecule has 2 N–H and O–H groups in total. The normalized spacial score (nSPS) is 21.9. The van der Waals surface area contributed by atoms with Gasteiger partial charge in [-0.25, -0.2) is 35.5 Å². The first kappa shape index (κ1) is 22.9. The van der Waals surface area contributed by atoms with E-state index in [4.69, 9.17) is 0 Å². The van der Waals surface area contributed by atoms with E-state index in [0.717, 1.165) is 23.0 Å². The Bertz CT molecular complexity index is 1350. The zero-order chi connectivity index (χ0) is 24.2. The van der Waals surface area contributed by atoms with Crippen molar-refractivity contribution in [3.63, 3.8) is 0 Å². The summed E-state index contributed by atoms with van der Waals surface area (Å²) in [6.07, 6.45) is -0.456. The maximum atomic E-state index is 14.5. The van der Waals surface area contributed by atoms with Crippen LogP contribution in [0.4, 0.5) is 23.5 Å². The number of nitrogens with one attached hydrogen (secondary N) is 1. The first-order valence-electron chi connectivity index (χ1n) is 10.6. The number of sulfonamides is 1. The second kappa shape index (κ2) is 8.43. The summed E-state index contributed by atoms with van der Waals surface area (Å²) in [7, 11) is -3.41. The van der Waals surface area contributed by atoms with Gasteiger partial charge in [-0.3, -0.25) is 4.98 Å². The van der Waals surface area contributed by atoms with E-state index in [-0.39, 0.29) is 47.6 Å². The molecule has 0 unspecified atom stereocenters. The second-order valence-electron chi connectivity index (χ2n) is 8.37. The van der Waals surface area contributed by atoms with Crippen LogP contribution in [0.1, 0.15) is 31.3 Å². The average molecular weight is 500 g/mol. The summed E-state index contributed by atoms with van der Waals surface area (Å²) < 4.78 is 81.7. The summed E-state index contributed by atoms with van der Waals surface area (Å²) in [6.45, 7) is 0.137. The van der Waals surface area contributed by atoms with E-state index < -0.39 is 45.8 Å². The molecule has 1 aliphatic carbocycles. The van der Waals surface area contributed by atoms with Crippen molar-refractivity contribution in [2.75, 3.05) is 18.4 Å². The van der Waals surface area contributed by atoms with Gasteiger partial charge in [0.2, 0.25) is 16.0 Å². The largest absolute Gasteiger partial charge is 0.390 e. The van der Waals surface area contributed by atoms with Crippen LogP contribution < -0.4 is 5.32 Å². The fourth-order valence-electron chi connectivity index (χ4n) is 3.99. The number of pyridine rings is 1. The van der Waals surface area contributed by atoms with E-state index >= 15 is 0 Å². The summed E-state index contributed by atoms with van der Waals surface area (Å²) in [4.78, 5) is 7.75. The van der Waals surface area contributed by atoms with Gasteiger partial charge in [-0.2, -0.15) is 4.31 Å². The number of hydrogen-bond donors (Lipinski definition) is 2. The summed E-state index contributed by atoms with van der Waals surface area (Å²) in [5, 5.41) is 17.2. The van der Waals surface area contributed by atoms with Crippen molar-refractivity contribution >= 4 is 21.5 Å². The molecule has 1 saturated heterocycles. The van der Waals surface area contributed by atoms with Crippen LogP contribution in [0.15, 0.2) is 24.5 Å². The first-order chi connectivity index (χ1) is 16.1. The van der Waals surface area contributed by atoms with Crippen molar-refractivity contribution in [2.24, 2.45) is 0 Å². The summed E-state index contributed by atoms with van der Waals surface area (Å²) in [5.74, 6) is -1.85. The van der Waals surface area contributed by atoms with Crippen molar-refractivity contribution < 1.29 is 31.1 Å². The summed E-state index contributed by atoms with van der Waals surface area (Å²) in [5.41, 5.74) is -1.18. The molecule has 0 aromatic carbocycles. The van der Waals surface area contributed by atoms with E-state index in [9.17, 15) is 31.1 Å². The first-order valence-corrected chi connectivity index (χ1v) is 12.1. The van der Waals surface area contributed by atoms with Gasteiger partial charge in [0.1, 0.15) is 11.2 Å². The van der Waals surface area contributed by atoms with Crippen LogP contribution in [0.5, 0.6) is 0 Å². The third-order valence-electron chi connectivity index (χ3n) is 5.99. The molecule has 3 aromatic heterocycles. The van der Waals surface area contributed by atoms with E-state index in [1.165, 1.54) is 4.31 Å². The van der Waals surface area contributed by atoms with E-state index in [1.807, 2.05) is 0 Å². The number of aliphatic hydroxyl groups is 1. The number of β-amino-alcohol motifs (C(OH)–C–C–N with tert-alkyl or cyclic N) is 1. The Kier molecular flexibility index (Phi) is 5.68. The van der Waals surface area contributed by atoms with Crippen LogP contribution >= 0.6 is 0 Å². The SMILES string of the molecule is O=S(=O)(C1CC1)N1CC[C@@H](Nc2ncc3c(F)cc(-c4ncc(C(F)F)cc4F)n3n2)[C@H](O)C1. The summed E-state index contributed by atoms with van der Waals surface area (Å²) >= 11 is 0. The Labute approximate surface area is 191 Å². The molecule has 2 atom stereocenters. The third kappa shape index (κ3) is 4.09. The molecule has 3 aromatic rings.